The third-order valence-corrected chi connectivity index (χ3v) is 7.40. The highest BCUT2D eigenvalue weighted by Gasteiger charge is 2.42. The number of nitrogens with two attached hydrogens (primary N) is 1. The molecule has 3 aliphatic heterocycles. The lowest BCUT2D eigenvalue weighted by molar-refractivity contribution is -0.108. The molecule has 0 bridgehead atoms. The Balaban J connectivity index is 1.63. The first-order chi connectivity index (χ1) is 9.70. The fourth-order valence-electron chi connectivity index (χ4n) is 3.91. The number of hydrogen-bond donors (Lipinski definition) is 1. The van der Waals surface area contributed by atoms with Crippen LogP contribution >= 0.6 is 23.5 Å². The van der Waals surface area contributed by atoms with Crippen LogP contribution in [-0.2, 0) is 4.74 Å². The van der Waals surface area contributed by atoms with Crippen molar-refractivity contribution in [2.45, 2.75) is 43.4 Å². The Morgan fingerprint density at radius 3 is 2.80 bits per heavy atom. The Morgan fingerprint density at radius 1 is 1.25 bits per heavy atom. The zero-order valence-electron chi connectivity index (χ0n) is 12.6. The van der Waals surface area contributed by atoms with Crippen molar-refractivity contribution in [3.8, 4) is 0 Å². The van der Waals surface area contributed by atoms with Gasteiger partial charge in [0, 0.05) is 36.7 Å². The molecule has 3 rings (SSSR count). The zero-order valence-corrected chi connectivity index (χ0v) is 14.2. The maximum Gasteiger partial charge on any atom is 0.0701 e. The smallest absolute Gasteiger partial charge is 0.0701 e. The third-order valence-electron chi connectivity index (χ3n) is 5.37. The Labute approximate surface area is 131 Å². The van der Waals surface area contributed by atoms with Gasteiger partial charge in [-0.1, -0.05) is 0 Å². The van der Waals surface area contributed by atoms with Gasteiger partial charge in [0.05, 0.1) is 5.60 Å². The second kappa shape index (κ2) is 6.78. The molecule has 0 amide bonds. The molecule has 0 aromatic heterocycles. The summed E-state index contributed by atoms with van der Waals surface area (Å²) in [6.45, 7) is 2.11. The van der Waals surface area contributed by atoms with Crippen LogP contribution in [-0.4, -0.2) is 65.8 Å². The maximum atomic E-state index is 6.69. The van der Waals surface area contributed by atoms with Crippen molar-refractivity contribution in [2.24, 2.45) is 11.7 Å². The van der Waals surface area contributed by atoms with E-state index in [0.717, 1.165) is 13.0 Å². The van der Waals surface area contributed by atoms with Gasteiger partial charge < -0.3 is 15.4 Å². The quantitative estimate of drug-likeness (QED) is 0.844. The van der Waals surface area contributed by atoms with E-state index in [4.69, 9.17) is 10.5 Å². The van der Waals surface area contributed by atoms with Crippen LogP contribution in [0.1, 0.15) is 25.7 Å². The van der Waals surface area contributed by atoms with Gasteiger partial charge in [-0.05, 0) is 50.2 Å². The van der Waals surface area contributed by atoms with Crippen LogP contribution in [0.5, 0.6) is 0 Å². The Morgan fingerprint density at radius 2 is 2.05 bits per heavy atom. The summed E-state index contributed by atoms with van der Waals surface area (Å²) in [6.07, 6.45) is 4.82. The molecule has 116 valence electrons. The number of rotatable bonds is 2. The first-order valence-corrected chi connectivity index (χ1v) is 10.3. The lowest BCUT2D eigenvalue weighted by Gasteiger charge is -2.47. The SMILES string of the molecule is CN1CCSCC1C(N)C1CCOC2(CCSCC2)C1. The number of hydrogen-bond acceptors (Lipinski definition) is 5. The predicted molar refractivity (Wildman–Crippen MR) is 89.7 cm³/mol. The van der Waals surface area contributed by atoms with Crippen LogP contribution < -0.4 is 5.73 Å². The molecule has 20 heavy (non-hydrogen) atoms. The maximum absolute atomic E-state index is 6.69. The minimum Gasteiger partial charge on any atom is -0.375 e. The van der Waals surface area contributed by atoms with Crippen molar-refractivity contribution in [1.82, 2.24) is 4.90 Å². The van der Waals surface area contributed by atoms with Gasteiger partial charge >= 0.3 is 0 Å². The first kappa shape index (κ1) is 15.5. The van der Waals surface area contributed by atoms with Crippen molar-refractivity contribution in [3.05, 3.63) is 0 Å². The van der Waals surface area contributed by atoms with Gasteiger partial charge in [0.25, 0.3) is 0 Å². The lowest BCUT2D eigenvalue weighted by atomic mass is 9.77. The normalized spacial score (nSPS) is 36.9. The number of ether oxygens (including phenoxy) is 1. The van der Waals surface area contributed by atoms with Gasteiger partial charge in [-0.3, -0.25) is 0 Å². The molecule has 3 saturated heterocycles. The van der Waals surface area contributed by atoms with Gasteiger partial charge in [0.15, 0.2) is 0 Å². The fraction of sp³-hybridized carbons (Fsp3) is 1.00. The van der Waals surface area contributed by atoms with Gasteiger partial charge in [-0.15, -0.1) is 0 Å². The van der Waals surface area contributed by atoms with E-state index in [0.29, 0.717) is 18.0 Å². The van der Waals surface area contributed by atoms with Gasteiger partial charge in [0.2, 0.25) is 0 Å². The fourth-order valence-corrected chi connectivity index (χ4v) is 6.45. The predicted octanol–water partition coefficient (Wildman–Crippen LogP) is 2.05. The average Bonchev–Trinajstić information content (AvgIpc) is 2.48. The molecular weight excluding hydrogens is 288 g/mol. The highest BCUT2D eigenvalue weighted by molar-refractivity contribution is 7.99. The summed E-state index contributed by atoms with van der Waals surface area (Å²) in [5.74, 6) is 5.65. The summed E-state index contributed by atoms with van der Waals surface area (Å²) in [7, 11) is 2.25. The molecule has 3 atom stereocenters. The summed E-state index contributed by atoms with van der Waals surface area (Å²) in [4.78, 5) is 2.49. The van der Waals surface area contributed by atoms with Crippen molar-refractivity contribution < 1.29 is 4.74 Å². The van der Waals surface area contributed by atoms with Crippen LogP contribution in [0.15, 0.2) is 0 Å². The van der Waals surface area contributed by atoms with Crippen LogP contribution in [0.4, 0.5) is 0 Å². The zero-order chi connectivity index (χ0) is 14.0. The van der Waals surface area contributed by atoms with Gasteiger partial charge in [0.1, 0.15) is 0 Å². The van der Waals surface area contributed by atoms with Crippen LogP contribution in [0.2, 0.25) is 0 Å². The topological polar surface area (TPSA) is 38.5 Å². The molecule has 3 nitrogen and oxygen atoms in total. The average molecular weight is 317 g/mol. The molecule has 0 aromatic rings. The summed E-state index contributed by atoms with van der Waals surface area (Å²) >= 11 is 4.15. The molecule has 0 aliphatic carbocycles. The Bertz CT molecular complexity index is 317. The second-order valence-electron chi connectivity index (χ2n) is 6.60. The second-order valence-corrected chi connectivity index (χ2v) is 8.97. The Kier molecular flexibility index (Phi) is 5.24. The molecule has 3 unspecified atom stereocenters. The highest BCUT2D eigenvalue weighted by atomic mass is 32.2. The third kappa shape index (κ3) is 3.32. The summed E-state index contributed by atoms with van der Waals surface area (Å²) in [5.41, 5.74) is 6.86. The van der Waals surface area contributed by atoms with Gasteiger partial charge in [-0.2, -0.15) is 23.5 Å². The minimum absolute atomic E-state index is 0.173. The van der Waals surface area contributed by atoms with Crippen LogP contribution in [0.3, 0.4) is 0 Å². The highest BCUT2D eigenvalue weighted by Crippen LogP contribution is 2.41. The van der Waals surface area contributed by atoms with E-state index in [1.807, 2.05) is 0 Å². The summed E-state index contributed by atoms with van der Waals surface area (Å²) in [6, 6.07) is 0.884. The molecule has 2 N–H and O–H groups in total. The first-order valence-electron chi connectivity index (χ1n) is 7.95. The van der Waals surface area contributed by atoms with Crippen molar-refractivity contribution in [2.75, 3.05) is 43.2 Å². The van der Waals surface area contributed by atoms with E-state index in [9.17, 15) is 0 Å². The molecular formula is C15H28N2OS2. The van der Waals surface area contributed by atoms with Gasteiger partial charge in [-0.25, -0.2) is 0 Å². The van der Waals surface area contributed by atoms with E-state index in [1.54, 1.807) is 0 Å². The van der Waals surface area contributed by atoms with Crippen LogP contribution in [0, 0.1) is 5.92 Å². The summed E-state index contributed by atoms with van der Waals surface area (Å²) in [5, 5.41) is 0. The standard InChI is InChI=1S/C15H28N2OS2/c1-17-5-9-20-11-13(17)14(16)12-2-6-18-15(10-12)3-7-19-8-4-15/h12-14H,2-11,16H2,1H3. The Hall–Kier alpha value is 0.580. The van der Waals surface area contributed by atoms with E-state index >= 15 is 0 Å². The van der Waals surface area contributed by atoms with E-state index in [-0.39, 0.29) is 5.60 Å². The van der Waals surface area contributed by atoms with E-state index in [2.05, 4.69) is 35.5 Å². The molecule has 3 aliphatic rings. The summed E-state index contributed by atoms with van der Waals surface area (Å²) < 4.78 is 6.21. The minimum atomic E-state index is 0.173. The number of thioether (sulfide) groups is 2. The van der Waals surface area contributed by atoms with Crippen LogP contribution in [0.25, 0.3) is 0 Å². The number of likely N-dealkylation sites (N-methyl/N-ethyl adjacent to an activating group) is 1. The van der Waals surface area contributed by atoms with Crippen molar-refractivity contribution in [3.63, 3.8) is 0 Å². The van der Waals surface area contributed by atoms with Crippen molar-refractivity contribution >= 4 is 23.5 Å². The van der Waals surface area contributed by atoms with E-state index in [1.165, 1.54) is 48.8 Å². The van der Waals surface area contributed by atoms with Crippen molar-refractivity contribution in [1.29, 1.82) is 0 Å². The molecule has 5 heteroatoms. The molecule has 0 aromatic carbocycles. The molecule has 0 radical (unpaired) electrons. The number of nitrogens with zero attached hydrogens (tertiary/aromatic N) is 1. The lowest BCUT2D eigenvalue weighted by Crippen LogP contribution is -2.57. The molecule has 0 saturated carbocycles. The van der Waals surface area contributed by atoms with E-state index < -0.39 is 0 Å². The largest absolute Gasteiger partial charge is 0.375 e. The molecule has 3 heterocycles. The molecule has 1 spiro atoms. The molecule has 3 fully saturated rings. The monoisotopic (exact) mass is 316 g/mol.